The normalized spacial score (nSPS) is 13.5. The molecule has 0 spiro atoms. The first-order valence-electron chi connectivity index (χ1n) is 10.1. The highest BCUT2D eigenvalue weighted by molar-refractivity contribution is 5.89. The van der Waals surface area contributed by atoms with E-state index in [-0.39, 0.29) is 24.7 Å². The zero-order chi connectivity index (χ0) is 22.8. The summed E-state index contributed by atoms with van der Waals surface area (Å²) in [6.45, 7) is 3.71. The minimum Gasteiger partial charge on any atom is -0.508 e. The Morgan fingerprint density at radius 3 is 2.19 bits per heavy atom. The zero-order valence-corrected chi connectivity index (χ0v) is 17.6. The summed E-state index contributed by atoms with van der Waals surface area (Å²) in [7, 11) is 0. The molecule has 0 saturated heterocycles. The number of alkyl carbamates (subject to hydrolysis) is 1. The second-order valence-electron chi connectivity index (χ2n) is 7.34. The van der Waals surface area contributed by atoms with Gasteiger partial charge in [0.2, 0.25) is 5.91 Å². The summed E-state index contributed by atoms with van der Waals surface area (Å²) in [6, 6.07) is 13.1. The Labute approximate surface area is 181 Å². The topological polar surface area (TPSA) is 125 Å². The fraction of sp³-hybridized carbons (Fsp3) is 0.348. The maximum absolute atomic E-state index is 12.8. The van der Waals surface area contributed by atoms with Crippen molar-refractivity contribution in [2.75, 3.05) is 0 Å². The van der Waals surface area contributed by atoms with E-state index in [1.54, 1.807) is 19.1 Å². The predicted molar refractivity (Wildman–Crippen MR) is 114 cm³/mol. The Kier molecular flexibility index (Phi) is 8.87. The van der Waals surface area contributed by atoms with Crippen LogP contribution in [0.5, 0.6) is 5.75 Å². The van der Waals surface area contributed by atoms with Crippen LogP contribution >= 0.6 is 0 Å². The monoisotopic (exact) mass is 428 g/mol. The van der Waals surface area contributed by atoms with Gasteiger partial charge in [-0.3, -0.25) is 4.79 Å². The number of hydrogen-bond donors (Lipinski definition) is 4. The molecule has 0 fully saturated rings. The molecule has 2 aromatic rings. The van der Waals surface area contributed by atoms with Crippen LogP contribution in [0.25, 0.3) is 0 Å². The lowest BCUT2D eigenvalue weighted by atomic mass is 9.97. The van der Waals surface area contributed by atoms with E-state index in [0.717, 1.165) is 5.56 Å². The summed E-state index contributed by atoms with van der Waals surface area (Å²) in [4.78, 5) is 36.7. The molecule has 0 aliphatic rings. The molecule has 2 amide bonds. The molecule has 4 N–H and O–H groups in total. The second-order valence-corrected chi connectivity index (χ2v) is 7.34. The van der Waals surface area contributed by atoms with Crippen molar-refractivity contribution in [1.82, 2.24) is 10.6 Å². The fourth-order valence-electron chi connectivity index (χ4n) is 2.92. The van der Waals surface area contributed by atoms with Crippen molar-refractivity contribution in [2.24, 2.45) is 5.92 Å². The van der Waals surface area contributed by atoms with E-state index in [1.807, 2.05) is 37.3 Å². The summed E-state index contributed by atoms with van der Waals surface area (Å²) in [5, 5.41) is 24.0. The van der Waals surface area contributed by atoms with Crippen LogP contribution in [0.15, 0.2) is 54.6 Å². The van der Waals surface area contributed by atoms with Gasteiger partial charge in [-0.25, -0.2) is 9.59 Å². The van der Waals surface area contributed by atoms with Crippen molar-refractivity contribution in [1.29, 1.82) is 0 Å². The number of phenols is 1. The van der Waals surface area contributed by atoms with Gasteiger partial charge in [0.1, 0.15) is 24.4 Å². The number of amides is 2. The first-order chi connectivity index (χ1) is 14.8. The van der Waals surface area contributed by atoms with Crippen LogP contribution in [-0.2, 0) is 27.4 Å². The van der Waals surface area contributed by atoms with Gasteiger partial charge in [0.25, 0.3) is 0 Å². The summed E-state index contributed by atoms with van der Waals surface area (Å²) in [6.07, 6.45) is -0.130. The number of ether oxygens (including phenoxy) is 1. The molecule has 0 radical (unpaired) electrons. The first kappa shape index (κ1) is 23.7. The van der Waals surface area contributed by atoms with Crippen molar-refractivity contribution in [3.8, 4) is 5.75 Å². The standard InChI is InChI=1S/C23H28N2O6/c1-3-15(2)20(25-23(30)31-14-17-7-5-4-6-8-17)21(27)24-19(22(28)29)13-16-9-11-18(26)12-10-16/h4-12,15,19-20,26H,3,13-14H2,1-2H3,(H,24,27)(H,25,30)(H,28,29)/t15?,19-,20?/m0/s1. The number of aromatic hydroxyl groups is 1. The molecule has 2 unspecified atom stereocenters. The Bertz CT molecular complexity index is 869. The average Bonchev–Trinajstić information content (AvgIpc) is 2.77. The fourth-order valence-corrected chi connectivity index (χ4v) is 2.92. The van der Waals surface area contributed by atoms with E-state index in [2.05, 4.69) is 10.6 Å². The Balaban J connectivity index is 2.01. The number of rotatable bonds is 10. The maximum Gasteiger partial charge on any atom is 0.408 e. The minimum absolute atomic E-state index is 0.0348. The Hall–Kier alpha value is -3.55. The number of nitrogens with one attached hydrogen (secondary N) is 2. The van der Waals surface area contributed by atoms with Crippen molar-refractivity contribution in [3.05, 3.63) is 65.7 Å². The van der Waals surface area contributed by atoms with Gasteiger partial charge in [-0.1, -0.05) is 62.7 Å². The Morgan fingerprint density at radius 2 is 1.61 bits per heavy atom. The number of carbonyl (C=O) groups excluding carboxylic acids is 2. The van der Waals surface area contributed by atoms with Gasteiger partial charge in [0, 0.05) is 6.42 Å². The molecular weight excluding hydrogens is 400 g/mol. The van der Waals surface area contributed by atoms with Crippen LogP contribution in [0.2, 0.25) is 0 Å². The molecule has 2 aromatic carbocycles. The van der Waals surface area contributed by atoms with Gasteiger partial charge in [0.05, 0.1) is 0 Å². The molecule has 0 saturated carbocycles. The molecule has 8 heteroatoms. The number of carboxylic acid groups (broad SMARTS) is 1. The van der Waals surface area contributed by atoms with E-state index < -0.39 is 30.1 Å². The van der Waals surface area contributed by atoms with E-state index in [9.17, 15) is 24.6 Å². The number of hydrogen-bond acceptors (Lipinski definition) is 5. The summed E-state index contributed by atoms with van der Waals surface area (Å²) in [5.41, 5.74) is 1.45. The third-order valence-corrected chi connectivity index (χ3v) is 4.97. The molecule has 8 nitrogen and oxygen atoms in total. The number of carboxylic acids is 1. The maximum atomic E-state index is 12.8. The number of carbonyl (C=O) groups is 3. The summed E-state index contributed by atoms with van der Waals surface area (Å²) in [5.74, 6) is -1.98. The largest absolute Gasteiger partial charge is 0.508 e. The van der Waals surface area contributed by atoms with E-state index in [0.29, 0.717) is 12.0 Å². The Morgan fingerprint density at radius 1 is 0.968 bits per heavy atom. The molecule has 0 aliphatic heterocycles. The average molecular weight is 428 g/mol. The lowest BCUT2D eigenvalue weighted by molar-refractivity contribution is -0.142. The van der Waals surface area contributed by atoms with Gasteiger partial charge in [-0.15, -0.1) is 0 Å². The van der Waals surface area contributed by atoms with Gasteiger partial charge in [-0.2, -0.15) is 0 Å². The van der Waals surface area contributed by atoms with Crippen LogP contribution < -0.4 is 10.6 Å². The highest BCUT2D eigenvalue weighted by Gasteiger charge is 2.30. The van der Waals surface area contributed by atoms with Crippen molar-refractivity contribution < 1.29 is 29.3 Å². The molecule has 0 heterocycles. The molecule has 166 valence electrons. The van der Waals surface area contributed by atoms with E-state index in [4.69, 9.17) is 4.74 Å². The highest BCUT2D eigenvalue weighted by atomic mass is 16.5. The van der Waals surface area contributed by atoms with E-state index in [1.165, 1.54) is 12.1 Å². The zero-order valence-electron chi connectivity index (χ0n) is 17.6. The van der Waals surface area contributed by atoms with Gasteiger partial charge in [-0.05, 0) is 29.2 Å². The van der Waals surface area contributed by atoms with Crippen LogP contribution in [0.1, 0.15) is 31.4 Å². The van der Waals surface area contributed by atoms with Crippen molar-refractivity contribution >= 4 is 18.0 Å². The summed E-state index contributed by atoms with van der Waals surface area (Å²) >= 11 is 0. The lowest BCUT2D eigenvalue weighted by Gasteiger charge is -2.25. The first-order valence-corrected chi connectivity index (χ1v) is 10.1. The molecule has 0 bridgehead atoms. The third kappa shape index (κ3) is 7.65. The van der Waals surface area contributed by atoms with Gasteiger partial charge < -0.3 is 25.6 Å². The van der Waals surface area contributed by atoms with Crippen LogP contribution in [0.3, 0.4) is 0 Å². The van der Waals surface area contributed by atoms with E-state index >= 15 is 0 Å². The molecule has 2 rings (SSSR count). The quantitative estimate of drug-likeness (QED) is 0.461. The number of aliphatic carboxylic acids is 1. The molecular formula is C23H28N2O6. The van der Waals surface area contributed by atoms with Crippen LogP contribution in [0.4, 0.5) is 4.79 Å². The minimum atomic E-state index is -1.20. The molecule has 31 heavy (non-hydrogen) atoms. The van der Waals surface area contributed by atoms with Crippen LogP contribution in [-0.4, -0.2) is 40.3 Å². The molecule has 0 aromatic heterocycles. The van der Waals surface area contributed by atoms with Crippen LogP contribution in [0, 0.1) is 5.92 Å². The lowest BCUT2D eigenvalue weighted by Crippen LogP contribution is -2.54. The third-order valence-electron chi connectivity index (χ3n) is 4.97. The SMILES string of the molecule is CCC(C)C(NC(=O)OCc1ccccc1)C(=O)N[C@@H](Cc1ccc(O)cc1)C(=O)O. The van der Waals surface area contributed by atoms with Gasteiger partial charge in [0.15, 0.2) is 0 Å². The van der Waals surface area contributed by atoms with Crippen molar-refractivity contribution in [2.45, 2.75) is 45.4 Å². The second kappa shape index (κ2) is 11.6. The molecule has 0 aliphatic carbocycles. The molecule has 3 atom stereocenters. The highest BCUT2D eigenvalue weighted by Crippen LogP contribution is 2.13. The smallest absolute Gasteiger partial charge is 0.408 e. The van der Waals surface area contributed by atoms with Gasteiger partial charge >= 0.3 is 12.1 Å². The predicted octanol–water partition coefficient (Wildman–Crippen LogP) is 2.85. The summed E-state index contributed by atoms with van der Waals surface area (Å²) < 4.78 is 5.19. The number of phenolic OH excluding ortho intramolecular Hbond substituents is 1. The van der Waals surface area contributed by atoms with Crippen molar-refractivity contribution in [3.63, 3.8) is 0 Å². The number of benzene rings is 2.